The fraction of sp³-hybridized carbons (Fsp3) is 0.294. The highest BCUT2D eigenvalue weighted by Gasteiger charge is 2.14. The predicted octanol–water partition coefficient (Wildman–Crippen LogP) is 4.43. The van der Waals surface area contributed by atoms with Crippen molar-refractivity contribution < 1.29 is 9.84 Å². The van der Waals surface area contributed by atoms with Gasteiger partial charge in [-0.15, -0.1) is 0 Å². The van der Waals surface area contributed by atoms with E-state index in [9.17, 15) is 5.11 Å². The molecule has 106 valence electrons. The first-order valence-corrected chi connectivity index (χ1v) is 7.55. The molecule has 2 rings (SSSR count). The van der Waals surface area contributed by atoms with Crippen LogP contribution in [0.2, 0.25) is 0 Å². The largest absolute Gasteiger partial charge is 0.493 e. The molecule has 20 heavy (non-hydrogen) atoms. The minimum atomic E-state index is -0.558. The molecule has 2 aromatic carbocycles. The molecule has 0 spiro atoms. The average Bonchev–Trinajstić information content (AvgIpc) is 2.43. The zero-order valence-electron chi connectivity index (χ0n) is 11.8. The Morgan fingerprint density at radius 3 is 2.50 bits per heavy atom. The summed E-state index contributed by atoms with van der Waals surface area (Å²) in [4.78, 5) is 0. The molecule has 1 N–H and O–H groups in total. The lowest BCUT2D eigenvalue weighted by Gasteiger charge is -2.16. The van der Waals surface area contributed by atoms with E-state index in [1.807, 2.05) is 56.3 Å². The molecule has 0 saturated carbocycles. The maximum atomic E-state index is 10.5. The molecule has 0 heterocycles. The Labute approximate surface area is 128 Å². The van der Waals surface area contributed by atoms with Gasteiger partial charge in [0.2, 0.25) is 0 Å². The standard InChI is InChI=1S/C17H19BrO2/c1-3-20-17-9-4-12(2)10-15(17)16(19)11-13-5-7-14(18)8-6-13/h4-10,16,19H,3,11H2,1-2H3. The van der Waals surface area contributed by atoms with Gasteiger partial charge in [0.1, 0.15) is 5.75 Å². The van der Waals surface area contributed by atoms with Crippen LogP contribution in [0.1, 0.15) is 29.7 Å². The first-order chi connectivity index (χ1) is 9.60. The van der Waals surface area contributed by atoms with Gasteiger partial charge in [0.05, 0.1) is 12.7 Å². The van der Waals surface area contributed by atoms with E-state index in [-0.39, 0.29) is 0 Å². The Morgan fingerprint density at radius 1 is 1.15 bits per heavy atom. The first-order valence-electron chi connectivity index (χ1n) is 6.76. The van der Waals surface area contributed by atoms with Crippen molar-refractivity contribution in [1.29, 1.82) is 0 Å². The van der Waals surface area contributed by atoms with Gasteiger partial charge in [0, 0.05) is 16.5 Å². The summed E-state index contributed by atoms with van der Waals surface area (Å²) in [6, 6.07) is 13.9. The van der Waals surface area contributed by atoms with Gasteiger partial charge in [-0.3, -0.25) is 0 Å². The summed E-state index contributed by atoms with van der Waals surface area (Å²) in [6.07, 6.45) is 0.0224. The quantitative estimate of drug-likeness (QED) is 0.876. The minimum absolute atomic E-state index is 0.558. The van der Waals surface area contributed by atoms with Crippen molar-refractivity contribution in [2.24, 2.45) is 0 Å². The van der Waals surface area contributed by atoms with Gasteiger partial charge < -0.3 is 9.84 Å². The summed E-state index contributed by atoms with van der Waals surface area (Å²) in [6.45, 7) is 4.57. The summed E-state index contributed by atoms with van der Waals surface area (Å²) in [5, 5.41) is 10.5. The molecular formula is C17H19BrO2. The Morgan fingerprint density at radius 2 is 1.85 bits per heavy atom. The average molecular weight is 335 g/mol. The molecule has 0 aliphatic heterocycles. The topological polar surface area (TPSA) is 29.5 Å². The molecule has 0 bridgehead atoms. The van der Waals surface area contributed by atoms with Crippen LogP contribution in [0.25, 0.3) is 0 Å². The van der Waals surface area contributed by atoms with Gasteiger partial charge in [0.15, 0.2) is 0 Å². The van der Waals surface area contributed by atoms with Crippen molar-refractivity contribution >= 4 is 15.9 Å². The lowest BCUT2D eigenvalue weighted by Crippen LogP contribution is -2.06. The van der Waals surface area contributed by atoms with Crippen LogP contribution in [0.4, 0.5) is 0 Å². The van der Waals surface area contributed by atoms with Crippen molar-refractivity contribution in [2.75, 3.05) is 6.61 Å². The normalized spacial score (nSPS) is 12.2. The minimum Gasteiger partial charge on any atom is -0.493 e. The van der Waals surface area contributed by atoms with E-state index < -0.39 is 6.10 Å². The van der Waals surface area contributed by atoms with Crippen LogP contribution < -0.4 is 4.74 Å². The monoisotopic (exact) mass is 334 g/mol. The second-order valence-electron chi connectivity index (χ2n) is 4.82. The number of benzene rings is 2. The molecule has 1 atom stereocenters. The van der Waals surface area contributed by atoms with E-state index >= 15 is 0 Å². The fourth-order valence-electron chi connectivity index (χ4n) is 2.17. The van der Waals surface area contributed by atoms with E-state index in [2.05, 4.69) is 15.9 Å². The summed E-state index contributed by atoms with van der Waals surface area (Å²) < 4.78 is 6.65. The Bertz CT molecular complexity index is 564. The number of halogens is 1. The van der Waals surface area contributed by atoms with Crippen molar-refractivity contribution in [3.05, 3.63) is 63.6 Å². The molecular weight excluding hydrogens is 316 g/mol. The molecule has 2 nitrogen and oxygen atoms in total. The molecule has 1 unspecified atom stereocenters. The van der Waals surface area contributed by atoms with Crippen LogP contribution >= 0.6 is 15.9 Å². The van der Waals surface area contributed by atoms with Crippen molar-refractivity contribution in [3.63, 3.8) is 0 Å². The Hall–Kier alpha value is -1.32. The summed E-state index contributed by atoms with van der Waals surface area (Å²) >= 11 is 3.42. The van der Waals surface area contributed by atoms with Gasteiger partial charge >= 0.3 is 0 Å². The third-order valence-electron chi connectivity index (χ3n) is 3.17. The number of hydrogen-bond donors (Lipinski definition) is 1. The molecule has 2 aromatic rings. The highest BCUT2D eigenvalue weighted by Crippen LogP contribution is 2.29. The highest BCUT2D eigenvalue weighted by atomic mass is 79.9. The molecule has 0 radical (unpaired) electrons. The molecule has 0 aliphatic carbocycles. The van der Waals surface area contributed by atoms with E-state index in [0.717, 1.165) is 26.9 Å². The molecule has 0 fully saturated rings. The summed E-state index contributed by atoms with van der Waals surface area (Å²) in [7, 11) is 0. The van der Waals surface area contributed by atoms with Crippen LogP contribution in [-0.4, -0.2) is 11.7 Å². The Balaban J connectivity index is 2.21. The summed E-state index contributed by atoms with van der Waals surface area (Å²) in [5.74, 6) is 0.766. The fourth-order valence-corrected chi connectivity index (χ4v) is 2.43. The second-order valence-corrected chi connectivity index (χ2v) is 5.74. The third kappa shape index (κ3) is 3.84. The van der Waals surface area contributed by atoms with Crippen molar-refractivity contribution in [1.82, 2.24) is 0 Å². The Kier molecular flexibility index (Phi) is 5.21. The number of rotatable bonds is 5. The first kappa shape index (κ1) is 15.1. The smallest absolute Gasteiger partial charge is 0.125 e. The number of aliphatic hydroxyl groups excluding tert-OH is 1. The third-order valence-corrected chi connectivity index (χ3v) is 3.70. The van der Waals surface area contributed by atoms with Crippen LogP contribution in [0, 0.1) is 6.92 Å². The molecule has 0 amide bonds. The van der Waals surface area contributed by atoms with E-state index in [1.54, 1.807) is 0 Å². The highest BCUT2D eigenvalue weighted by molar-refractivity contribution is 9.10. The van der Waals surface area contributed by atoms with Crippen LogP contribution in [0.3, 0.4) is 0 Å². The lowest BCUT2D eigenvalue weighted by molar-refractivity contribution is 0.172. The zero-order valence-corrected chi connectivity index (χ0v) is 13.4. The maximum Gasteiger partial charge on any atom is 0.125 e. The van der Waals surface area contributed by atoms with Crippen LogP contribution in [0.15, 0.2) is 46.9 Å². The molecule has 0 aromatic heterocycles. The van der Waals surface area contributed by atoms with Crippen LogP contribution in [-0.2, 0) is 6.42 Å². The van der Waals surface area contributed by atoms with E-state index in [1.165, 1.54) is 0 Å². The van der Waals surface area contributed by atoms with E-state index in [0.29, 0.717) is 13.0 Å². The van der Waals surface area contributed by atoms with Crippen molar-refractivity contribution in [3.8, 4) is 5.75 Å². The number of aliphatic hydroxyl groups is 1. The van der Waals surface area contributed by atoms with Gasteiger partial charge in [-0.1, -0.05) is 39.7 Å². The van der Waals surface area contributed by atoms with Gasteiger partial charge in [-0.25, -0.2) is 0 Å². The second kappa shape index (κ2) is 6.91. The SMILES string of the molecule is CCOc1ccc(C)cc1C(O)Cc1ccc(Br)cc1. The van der Waals surface area contributed by atoms with Gasteiger partial charge in [-0.2, -0.15) is 0 Å². The maximum absolute atomic E-state index is 10.5. The van der Waals surface area contributed by atoms with Gasteiger partial charge in [0.25, 0.3) is 0 Å². The van der Waals surface area contributed by atoms with E-state index in [4.69, 9.17) is 4.74 Å². The molecule has 3 heteroatoms. The van der Waals surface area contributed by atoms with Gasteiger partial charge in [-0.05, 0) is 43.7 Å². The number of ether oxygens (including phenoxy) is 1. The van der Waals surface area contributed by atoms with Crippen LogP contribution in [0.5, 0.6) is 5.75 Å². The lowest BCUT2D eigenvalue weighted by atomic mass is 9.99. The summed E-state index contributed by atoms with van der Waals surface area (Å²) in [5.41, 5.74) is 3.08. The number of aryl methyl sites for hydroxylation is 1. The molecule has 0 aliphatic rings. The van der Waals surface area contributed by atoms with Crippen molar-refractivity contribution in [2.45, 2.75) is 26.4 Å². The zero-order chi connectivity index (χ0) is 14.5. The number of hydrogen-bond acceptors (Lipinski definition) is 2. The molecule has 0 saturated heterocycles. The predicted molar refractivity (Wildman–Crippen MR) is 85.2 cm³/mol.